The van der Waals surface area contributed by atoms with Crippen molar-refractivity contribution < 1.29 is 9.47 Å². The standard InChI is InChI=1S/C14H20O2.C2H4/c1-2-15-13-10-6-7-11-14(13)16-12-8-4-3-5-9-12;1-2/h6-7,10-12H,2-5,8-9H2,1H3;1-2H2. The van der Waals surface area contributed by atoms with E-state index in [-0.39, 0.29) is 0 Å². The first-order valence-corrected chi connectivity index (χ1v) is 6.78. The van der Waals surface area contributed by atoms with E-state index in [1.54, 1.807) is 0 Å². The van der Waals surface area contributed by atoms with E-state index in [2.05, 4.69) is 13.2 Å². The molecule has 1 saturated carbocycles. The van der Waals surface area contributed by atoms with Crippen LogP contribution in [0.15, 0.2) is 37.4 Å². The van der Waals surface area contributed by atoms with E-state index < -0.39 is 0 Å². The second-order valence-corrected chi connectivity index (χ2v) is 4.26. The fourth-order valence-corrected chi connectivity index (χ4v) is 2.18. The molecule has 1 fully saturated rings. The normalized spacial score (nSPS) is 15.4. The van der Waals surface area contributed by atoms with Crippen LogP contribution >= 0.6 is 0 Å². The molecule has 0 spiro atoms. The van der Waals surface area contributed by atoms with E-state index in [9.17, 15) is 0 Å². The van der Waals surface area contributed by atoms with Crippen molar-refractivity contribution in [2.75, 3.05) is 6.61 Å². The molecule has 0 heterocycles. The quantitative estimate of drug-likeness (QED) is 0.725. The lowest BCUT2D eigenvalue weighted by Gasteiger charge is -2.24. The van der Waals surface area contributed by atoms with Crippen LogP contribution in [0.3, 0.4) is 0 Å². The van der Waals surface area contributed by atoms with Crippen LogP contribution in [0.2, 0.25) is 0 Å². The molecular weight excluding hydrogens is 224 g/mol. The second kappa shape index (κ2) is 8.62. The molecule has 2 rings (SSSR count). The Hall–Kier alpha value is -1.44. The molecule has 1 aromatic carbocycles. The van der Waals surface area contributed by atoms with Gasteiger partial charge in [-0.1, -0.05) is 18.6 Å². The predicted molar refractivity (Wildman–Crippen MR) is 76.4 cm³/mol. The molecule has 0 atom stereocenters. The van der Waals surface area contributed by atoms with Crippen molar-refractivity contribution in [3.8, 4) is 11.5 Å². The number of rotatable bonds is 4. The monoisotopic (exact) mass is 248 g/mol. The molecule has 2 heteroatoms. The lowest BCUT2D eigenvalue weighted by Crippen LogP contribution is -2.19. The highest BCUT2D eigenvalue weighted by Crippen LogP contribution is 2.30. The number of hydrogen-bond acceptors (Lipinski definition) is 2. The first-order chi connectivity index (χ1) is 8.90. The largest absolute Gasteiger partial charge is 0.490 e. The van der Waals surface area contributed by atoms with Crippen LogP contribution in [0, 0.1) is 0 Å². The topological polar surface area (TPSA) is 18.5 Å². The molecule has 18 heavy (non-hydrogen) atoms. The van der Waals surface area contributed by atoms with Gasteiger partial charge in [0.25, 0.3) is 0 Å². The molecule has 0 aromatic heterocycles. The second-order valence-electron chi connectivity index (χ2n) is 4.26. The Morgan fingerprint density at radius 3 is 2.28 bits per heavy atom. The summed E-state index contributed by atoms with van der Waals surface area (Å²) in [5, 5.41) is 0. The minimum atomic E-state index is 0.385. The number of benzene rings is 1. The first kappa shape index (κ1) is 14.6. The number of para-hydroxylation sites is 2. The van der Waals surface area contributed by atoms with Crippen LogP contribution in [0.25, 0.3) is 0 Å². The summed E-state index contributed by atoms with van der Waals surface area (Å²) in [6.07, 6.45) is 6.69. The maximum atomic E-state index is 6.01. The van der Waals surface area contributed by atoms with Crippen LogP contribution in [-0.4, -0.2) is 12.7 Å². The van der Waals surface area contributed by atoms with E-state index in [0.29, 0.717) is 12.7 Å². The minimum Gasteiger partial charge on any atom is -0.490 e. The summed E-state index contributed by atoms with van der Waals surface area (Å²) in [4.78, 5) is 0. The maximum absolute atomic E-state index is 6.01. The molecule has 1 aliphatic rings. The summed E-state index contributed by atoms with van der Waals surface area (Å²) in [6.45, 7) is 8.68. The highest BCUT2D eigenvalue weighted by Gasteiger charge is 2.16. The summed E-state index contributed by atoms with van der Waals surface area (Å²) < 4.78 is 11.6. The third-order valence-corrected chi connectivity index (χ3v) is 2.99. The molecule has 0 N–H and O–H groups in total. The summed E-state index contributed by atoms with van der Waals surface area (Å²) in [5.41, 5.74) is 0. The van der Waals surface area contributed by atoms with Crippen molar-refractivity contribution in [3.63, 3.8) is 0 Å². The van der Waals surface area contributed by atoms with Gasteiger partial charge in [0.05, 0.1) is 12.7 Å². The third kappa shape index (κ3) is 4.44. The summed E-state index contributed by atoms with van der Waals surface area (Å²) >= 11 is 0. The smallest absolute Gasteiger partial charge is 0.161 e. The van der Waals surface area contributed by atoms with Crippen molar-refractivity contribution >= 4 is 0 Å². The van der Waals surface area contributed by atoms with Gasteiger partial charge in [0.15, 0.2) is 11.5 Å². The van der Waals surface area contributed by atoms with E-state index in [1.807, 2.05) is 31.2 Å². The zero-order valence-corrected chi connectivity index (χ0v) is 11.4. The Balaban J connectivity index is 0.000000771. The number of ether oxygens (including phenoxy) is 2. The van der Waals surface area contributed by atoms with Gasteiger partial charge < -0.3 is 9.47 Å². The van der Waals surface area contributed by atoms with E-state index >= 15 is 0 Å². The molecule has 100 valence electrons. The number of hydrogen-bond donors (Lipinski definition) is 0. The Morgan fingerprint density at radius 2 is 1.67 bits per heavy atom. The van der Waals surface area contributed by atoms with Gasteiger partial charge in [0.1, 0.15) is 0 Å². The predicted octanol–water partition coefficient (Wildman–Crippen LogP) is 4.60. The molecule has 2 nitrogen and oxygen atoms in total. The average Bonchev–Trinajstić information content (AvgIpc) is 2.45. The van der Waals surface area contributed by atoms with Gasteiger partial charge in [-0.15, -0.1) is 13.2 Å². The Labute approximate surface area is 111 Å². The van der Waals surface area contributed by atoms with E-state index in [4.69, 9.17) is 9.47 Å². The van der Waals surface area contributed by atoms with Crippen LogP contribution in [0.4, 0.5) is 0 Å². The highest BCUT2D eigenvalue weighted by atomic mass is 16.5. The molecular formula is C16H24O2. The SMILES string of the molecule is C=C.CCOc1ccccc1OC1CCCCC1. The van der Waals surface area contributed by atoms with Crippen LogP contribution < -0.4 is 9.47 Å². The molecule has 0 amide bonds. The summed E-state index contributed by atoms with van der Waals surface area (Å²) in [5.74, 6) is 1.77. The van der Waals surface area contributed by atoms with Crippen LogP contribution in [0.5, 0.6) is 11.5 Å². The van der Waals surface area contributed by atoms with Gasteiger partial charge in [-0.05, 0) is 44.7 Å². The molecule has 0 saturated heterocycles. The van der Waals surface area contributed by atoms with Crippen molar-refractivity contribution in [1.82, 2.24) is 0 Å². The summed E-state index contributed by atoms with van der Waals surface area (Å²) in [7, 11) is 0. The molecule has 1 aliphatic carbocycles. The van der Waals surface area contributed by atoms with Gasteiger partial charge >= 0.3 is 0 Å². The average molecular weight is 248 g/mol. The van der Waals surface area contributed by atoms with Gasteiger partial charge in [-0.2, -0.15) is 0 Å². The fraction of sp³-hybridized carbons (Fsp3) is 0.500. The van der Waals surface area contributed by atoms with E-state index in [0.717, 1.165) is 11.5 Å². The maximum Gasteiger partial charge on any atom is 0.161 e. The third-order valence-electron chi connectivity index (χ3n) is 2.99. The fourth-order valence-electron chi connectivity index (χ4n) is 2.18. The zero-order chi connectivity index (χ0) is 13.2. The lowest BCUT2D eigenvalue weighted by molar-refractivity contribution is 0.148. The van der Waals surface area contributed by atoms with Crippen LogP contribution in [0.1, 0.15) is 39.0 Å². The summed E-state index contributed by atoms with van der Waals surface area (Å²) in [6, 6.07) is 7.96. The molecule has 1 aromatic rings. The lowest BCUT2D eigenvalue weighted by atomic mass is 9.98. The molecule has 0 unspecified atom stereocenters. The minimum absolute atomic E-state index is 0.385. The van der Waals surface area contributed by atoms with Crippen molar-refractivity contribution in [2.45, 2.75) is 45.1 Å². The van der Waals surface area contributed by atoms with E-state index in [1.165, 1.54) is 32.1 Å². The highest BCUT2D eigenvalue weighted by molar-refractivity contribution is 5.39. The van der Waals surface area contributed by atoms with Crippen LogP contribution in [-0.2, 0) is 0 Å². The first-order valence-electron chi connectivity index (χ1n) is 6.78. The Kier molecular flexibility index (Phi) is 7.00. The zero-order valence-electron chi connectivity index (χ0n) is 11.4. The van der Waals surface area contributed by atoms with Crippen molar-refractivity contribution in [3.05, 3.63) is 37.4 Å². The van der Waals surface area contributed by atoms with Crippen molar-refractivity contribution in [1.29, 1.82) is 0 Å². The van der Waals surface area contributed by atoms with Gasteiger partial charge in [0, 0.05) is 0 Å². The van der Waals surface area contributed by atoms with Gasteiger partial charge in [-0.3, -0.25) is 0 Å². The molecule has 0 bridgehead atoms. The van der Waals surface area contributed by atoms with Gasteiger partial charge in [0.2, 0.25) is 0 Å². The Bertz CT molecular complexity index is 330. The molecule has 0 aliphatic heterocycles. The van der Waals surface area contributed by atoms with Gasteiger partial charge in [-0.25, -0.2) is 0 Å². The van der Waals surface area contributed by atoms with Crippen molar-refractivity contribution in [2.24, 2.45) is 0 Å². The Morgan fingerprint density at radius 1 is 1.06 bits per heavy atom. The molecule has 0 radical (unpaired) electrons.